The fourth-order valence-corrected chi connectivity index (χ4v) is 1.92. The van der Waals surface area contributed by atoms with Crippen LogP contribution in [0, 0.1) is 5.92 Å². The molecule has 0 aromatic carbocycles. The van der Waals surface area contributed by atoms with E-state index in [0.29, 0.717) is 18.1 Å². The van der Waals surface area contributed by atoms with Gasteiger partial charge in [-0.05, 0) is 24.0 Å². The van der Waals surface area contributed by atoms with Crippen molar-refractivity contribution in [3.63, 3.8) is 0 Å². The van der Waals surface area contributed by atoms with Crippen molar-refractivity contribution >= 4 is 5.78 Å². The highest BCUT2D eigenvalue weighted by Crippen LogP contribution is 2.12. The van der Waals surface area contributed by atoms with Crippen molar-refractivity contribution in [2.45, 2.75) is 46.0 Å². The Morgan fingerprint density at radius 1 is 1.50 bits per heavy atom. The van der Waals surface area contributed by atoms with Crippen molar-refractivity contribution < 1.29 is 4.79 Å². The van der Waals surface area contributed by atoms with Crippen molar-refractivity contribution in [2.75, 3.05) is 0 Å². The van der Waals surface area contributed by atoms with Gasteiger partial charge in [0, 0.05) is 25.2 Å². The molecule has 0 aliphatic heterocycles. The summed E-state index contributed by atoms with van der Waals surface area (Å²) in [5.41, 5.74) is 1.15. The molecule has 0 radical (unpaired) electrons. The van der Waals surface area contributed by atoms with Crippen LogP contribution in [0.25, 0.3) is 0 Å². The third-order valence-electron chi connectivity index (χ3n) is 2.77. The van der Waals surface area contributed by atoms with Crippen molar-refractivity contribution in [2.24, 2.45) is 5.92 Å². The van der Waals surface area contributed by atoms with E-state index in [9.17, 15) is 4.79 Å². The van der Waals surface area contributed by atoms with E-state index in [1.165, 1.54) is 0 Å². The van der Waals surface area contributed by atoms with Gasteiger partial charge in [0.1, 0.15) is 5.78 Å². The number of hydrogen-bond donors (Lipinski definition) is 0. The summed E-state index contributed by atoms with van der Waals surface area (Å²) >= 11 is 0. The summed E-state index contributed by atoms with van der Waals surface area (Å²) in [6.45, 7) is 4.32. The van der Waals surface area contributed by atoms with Gasteiger partial charge in [-0.3, -0.25) is 9.78 Å². The van der Waals surface area contributed by atoms with E-state index in [2.05, 4.69) is 18.8 Å². The highest BCUT2D eigenvalue weighted by Gasteiger charge is 2.08. The zero-order chi connectivity index (χ0) is 11.8. The highest BCUT2D eigenvalue weighted by atomic mass is 16.1. The summed E-state index contributed by atoms with van der Waals surface area (Å²) in [4.78, 5) is 15.7. The summed E-state index contributed by atoms with van der Waals surface area (Å²) in [5.74, 6) is 0.913. The number of ketones is 1. The Balaban J connectivity index is 2.25. The van der Waals surface area contributed by atoms with Crippen molar-refractivity contribution in [1.29, 1.82) is 0 Å². The van der Waals surface area contributed by atoms with Crippen LogP contribution in [0.2, 0.25) is 0 Å². The normalized spacial score (nSPS) is 12.4. The smallest absolute Gasteiger partial charge is 0.133 e. The van der Waals surface area contributed by atoms with Crippen LogP contribution >= 0.6 is 0 Å². The molecule has 16 heavy (non-hydrogen) atoms. The molecule has 1 rings (SSSR count). The molecule has 0 fully saturated rings. The first-order chi connectivity index (χ1) is 7.72. The Labute approximate surface area is 98.1 Å². The van der Waals surface area contributed by atoms with E-state index in [0.717, 1.165) is 31.2 Å². The first-order valence-electron chi connectivity index (χ1n) is 6.13. The molecule has 0 aliphatic carbocycles. The first kappa shape index (κ1) is 12.9. The minimum atomic E-state index is 0.379. The third kappa shape index (κ3) is 5.06. The topological polar surface area (TPSA) is 30.0 Å². The van der Waals surface area contributed by atoms with E-state index < -0.39 is 0 Å². The molecule has 0 amide bonds. The van der Waals surface area contributed by atoms with Gasteiger partial charge in [0.25, 0.3) is 0 Å². The predicted octanol–water partition coefficient (Wildman–Crippen LogP) is 3.41. The van der Waals surface area contributed by atoms with Gasteiger partial charge in [-0.2, -0.15) is 0 Å². The van der Waals surface area contributed by atoms with Gasteiger partial charge in [0.2, 0.25) is 0 Å². The molecule has 0 bridgehead atoms. The van der Waals surface area contributed by atoms with Crippen LogP contribution < -0.4 is 0 Å². The third-order valence-corrected chi connectivity index (χ3v) is 2.77. The number of carbonyl (C=O) groups is 1. The van der Waals surface area contributed by atoms with E-state index in [-0.39, 0.29) is 0 Å². The van der Waals surface area contributed by atoms with E-state index in [4.69, 9.17) is 0 Å². The number of hydrogen-bond acceptors (Lipinski definition) is 2. The summed E-state index contributed by atoms with van der Waals surface area (Å²) in [6.07, 6.45) is 8.12. The molecule has 1 aromatic rings. The average Bonchev–Trinajstić information content (AvgIpc) is 2.28. The number of aromatic nitrogens is 1. The quantitative estimate of drug-likeness (QED) is 0.703. The second-order valence-corrected chi connectivity index (χ2v) is 4.50. The molecule has 1 unspecified atom stereocenters. The number of carbonyl (C=O) groups excluding carboxylic acids is 1. The predicted molar refractivity (Wildman–Crippen MR) is 66.3 cm³/mol. The second-order valence-electron chi connectivity index (χ2n) is 4.50. The van der Waals surface area contributed by atoms with Crippen LogP contribution in [0.5, 0.6) is 0 Å². The van der Waals surface area contributed by atoms with E-state index in [1.54, 1.807) is 6.20 Å². The number of nitrogens with zero attached hydrogens (tertiary/aromatic N) is 1. The van der Waals surface area contributed by atoms with Gasteiger partial charge < -0.3 is 0 Å². The van der Waals surface area contributed by atoms with Crippen LogP contribution in [0.4, 0.5) is 0 Å². The largest absolute Gasteiger partial charge is 0.300 e. The molecule has 1 aromatic heterocycles. The van der Waals surface area contributed by atoms with Crippen LogP contribution in [0.15, 0.2) is 24.5 Å². The summed E-state index contributed by atoms with van der Waals surface area (Å²) in [6, 6.07) is 3.94. The van der Waals surface area contributed by atoms with E-state index in [1.807, 2.05) is 18.3 Å². The molecular weight excluding hydrogens is 198 g/mol. The molecule has 88 valence electrons. The Morgan fingerprint density at radius 3 is 2.94 bits per heavy atom. The Morgan fingerprint density at radius 2 is 2.31 bits per heavy atom. The lowest BCUT2D eigenvalue weighted by molar-refractivity contribution is -0.119. The number of pyridine rings is 1. The molecule has 1 atom stereocenters. The Bertz CT molecular complexity index is 308. The standard InChI is InChI=1S/C14H21NO/c1-3-5-12(2)10-14(16)8-7-13-6-4-9-15-11-13/h4,6,9,11-12H,3,5,7-8,10H2,1-2H3. The molecule has 0 saturated carbocycles. The lowest BCUT2D eigenvalue weighted by Crippen LogP contribution is -2.06. The zero-order valence-electron chi connectivity index (χ0n) is 10.3. The first-order valence-corrected chi connectivity index (χ1v) is 6.13. The maximum absolute atomic E-state index is 11.7. The minimum absolute atomic E-state index is 0.379. The van der Waals surface area contributed by atoms with Gasteiger partial charge in [-0.15, -0.1) is 0 Å². The fraction of sp³-hybridized carbons (Fsp3) is 0.571. The van der Waals surface area contributed by atoms with Gasteiger partial charge in [0.15, 0.2) is 0 Å². The summed E-state index contributed by atoms with van der Waals surface area (Å²) in [5, 5.41) is 0. The molecule has 1 heterocycles. The summed E-state index contributed by atoms with van der Waals surface area (Å²) in [7, 11) is 0. The van der Waals surface area contributed by atoms with E-state index >= 15 is 0 Å². The SMILES string of the molecule is CCCC(C)CC(=O)CCc1cccnc1. The summed E-state index contributed by atoms with van der Waals surface area (Å²) < 4.78 is 0. The number of Topliss-reactive ketones (excluding diaryl/α,β-unsaturated/α-hetero) is 1. The maximum atomic E-state index is 11.7. The van der Waals surface area contributed by atoms with Crippen LogP contribution in [-0.2, 0) is 11.2 Å². The van der Waals surface area contributed by atoms with Gasteiger partial charge in [-0.25, -0.2) is 0 Å². The monoisotopic (exact) mass is 219 g/mol. The highest BCUT2D eigenvalue weighted by molar-refractivity contribution is 5.78. The lowest BCUT2D eigenvalue weighted by atomic mass is 9.97. The average molecular weight is 219 g/mol. The second kappa shape index (κ2) is 7.15. The minimum Gasteiger partial charge on any atom is -0.300 e. The van der Waals surface area contributed by atoms with Crippen LogP contribution in [-0.4, -0.2) is 10.8 Å². The Hall–Kier alpha value is -1.18. The van der Waals surface area contributed by atoms with Gasteiger partial charge in [-0.1, -0.05) is 32.8 Å². The van der Waals surface area contributed by atoms with Crippen molar-refractivity contribution in [3.8, 4) is 0 Å². The van der Waals surface area contributed by atoms with Crippen LogP contribution in [0.1, 0.15) is 45.1 Å². The molecule has 0 spiro atoms. The maximum Gasteiger partial charge on any atom is 0.133 e. The van der Waals surface area contributed by atoms with Crippen LogP contribution in [0.3, 0.4) is 0 Å². The molecular formula is C14H21NO. The van der Waals surface area contributed by atoms with Crippen molar-refractivity contribution in [1.82, 2.24) is 4.98 Å². The lowest BCUT2D eigenvalue weighted by Gasteiger charge is -2.08. The number of aryl methyl sites for hydroxylation is 1. The zero-order valence-corrected chi connectivity index (χ0v) is 10.3. The Kier molecular flexibility index (Phi) is 5.76. The fourth-order valence-electron chi connectivity index (χ4n) is 1.92. The molecule has 2 heteroatoms. The molecule has 2 nitrogen and oxygen atoms in total. The number of rotatable bonds is 7. The van der Waals surface area contributed by atoms with Gasteiger partial charge in [0.05, 0.1) is 0 Å². The molecule has 0 N–H and O–H groups in total. The molecule has 0 saturated heterocycles. The van der Waals surface area contributed by atoms with Gasteiger partial charge >= 0.3 is 0 Å². The van der Waals surface area contributed by atoms with Crippen molar-refractivity contribution in [3.05, 3.63) is 30.1 Å². The molecule has 0 aliphatic rings.